The summed E-state index contributed by atoms with van der Waals surface area (Å²) < 4.78 is 24.0. The van der Waals surface area contributed by atoms with Crippen LogP contribution in [0.25, 0.3) is 0 Å². The Morgan fingerprint density at radius 1 is 1.50 bits per heavy atom. The number of nitro benzene ring substituents is 1. The van der Waals surface area contributed by atoms with Gasteiger partial charge in [0.25, 0.3) is 0 Å². The maximum atomic E-state index is 13.2. The molecule has 0 aliphatic carbocycles. The fourth-order valence-electron chi connectivity index (χ4n) is 1.80. The number of aromatic nitrogens is 1. The van der Waals surface area contributed by atoms with Gasteiger partial charge >= 0.3 is 5.69 Å². The Morgan fingerprint density at radius 3 is 2.95 bits per heavy atom. The minimum absolute atomic E-state index is 0.0274. The van der Waals surface area contributed by atoms with Crippen molar-refractivity contribution in [3.05, 3.63) is 50.2 Å². The lowest BCUT2D eigenvalue weighted by atomic mass is 10.3. The Labute approximate surface area is 130 Å². The van der Waals surface area contributed by atoms with Gasteiger partial charge in [-0.3, -0.25) is 10.1 Å². The molecule has 6 nitrogen and oxygen atoms in total. The Bertz CT molecular complexity index is 662. The molecule has 1 unspecified atom stereocenters. The zero-order valence-electron chi connectivity index (χ0n) is 12.1. The summed E-state index contributed by atoms with van der Waals surface area (Å²) >= 11 is 1.42. The maximum absolute atomic E-state index is 13.2. The van der Waals surface area contributed by atoms with Crippen molar-refractivity contribution in [2.24, 2.45) is 0 Å². The lowest BCUT2D eigenvalue weighted by Gasteiger charge is -2.07. The lowest BCUT2D eigenvalue weighted by molar-refractivity contribution is -0.386. The van der Waals surface area contributed by atoms with E-state index >= 15 is 0 Å². The summed E-state index contributed by atoms with van der Waals surface area (Å²) in [5, 5.41) is 13.5. The predicted octanol–water partition coefficient (Wildman–Crippen LogP) is 3.87. The molecule has 8 heteroatoms. The summed E-state index contributed by atoms with van der Waals surface area (Å²) in [5.41, 5.74) is 0.338. The SMILES string of the molecule is CCOC(C)c1nc(COc2cc(F)ccc2[N+](=O)[O-])cs1. The molecule has 0 fully saturated rings. The van der Waals surface area contributed by atoms with Gasteiger partial charge in [0.15, 0.2) is 5.75 Å². The standard InChI is InChI=1S/C14H15FN2O4S/c1-3-20-9(2)14-16-11(8-22-14)7-21-13-6-10(15)4-5-12(13)17(18)19/h4-6,8-9H,3,7H2,1-2H3. The van der Waals surface area contributed by atoms with Crippen LogP contribution in [0.5, 0.6) is 5.75 Å². The van der Waals surface area contributed by atoms with E-state index in [0.29, 0.717) is 12.3 Å². The number of ether oxygens (including phenoxy) is 2. The average molecular weight is 326 g/mol. The monoisotopic (exact) mass is 326 g/mol. The molecule has 0 amide bonds. The van der Waals surface area contributed by atoms with E-state index in [-0.39, 0.29) is 24.1 Å². The molecule has 0 N–H and O–H groups in total. The van der Waals surface area contributed by atoms with Gasteiger partial charge in [0.1, 0.15) is 23.5 Å². The number of rotatable bonds is 7. The lowest BCUT2D eigenvalue weighted by Crippen LogP contribution is -2.02. The van der Waals surface area contributed by atoms with Crippen LogP contribution < -0.4 is 4.74 Å². The quantitative estimate of drug-likeness (QED) is 0.570. The molecule has 0 radical (unpaired) electrons. The molecule has 2 rings (SSSR count). The predicted molar refractivity (Wildman–Crippen MR) is 79.5 cm³/mol. The van der Waals surface area contributed by atoms with Crippen molar-refractivity contribution in [1.29, 1.82) is 0 Å². The van der Waals surface area contributed by atoms with Gasteiger partial charge in [-0.2, -0.15) is 0 Å². The van der Waals surface area contributed by atoms with Gasteiger partial charge in [-0.05, 0) is 19.9 Å². The third kappa shape index (κ3) is 3.99. The highest BCUT2D eigenvalue weighted by atomic mass is 32.1. The molecule has 0 aliphatic heterocycles. The highest BCUT2D eigenvalue weighted by Gasteiger charge is 2.17. The highest BCUT2D eigenvalue weighted by Crippen LogP contribution is 2.29. The molecule has 0 bridgehead atoms. The number of nitro groups is 1. The maximum Gasteiger partial charge on any atom is 0.311 e. The summed E-state index contributed by atoms with van der Waals surface area (Å²) in [6.07, 6.45) is -0.118. The first-order valence-electron chi connectivity index (χ1n) is 6.64. The summed E-state index contributed by atoms with van der Waals surface area (Å²) in [7, 11) is 0. The smallest absolute Gasteiger partial charge is 0.311 e. The van der Waals surface area contributed by atoms with Gasteiger partial charge in [0.05, 0.1) is 10.6 Å². The molecular formula is C14H15FN2O4S. The van der Waals surface area contributed by atoms with E-state index in [1.54, 1.807) is 5.38 Å². The largest absolute Gasteiger partial charge is 0.480 e. The number of thiazole rings is 1. The Kier molecular flexibility index (Phi) is 5.40. The number of halogens is 1. The van der Waals surface area contributed by atoms with Crippen molar-refractivity contribution in [3.63, 3.8) is 0 Å². The molecule has 0 aliphatic rings. The van der Waals surface area contributed by atoms with Crippen molar-refractivity contribution in [2.75, 3.05) is 6.61 Å². The van der Waals surface area contributed by atoms with Crippen molar-refractivity contribution in [2.45, 2.75) is 26.6 Å². The minimum atomic E-state index is -0.613. The molecular weight excluding hydrogens is 311 g/mol. The third-order valence-corrected chi connectivity index (χ3v) is 3.88. The molecule has 118 valence electrons. The molecule has 0 saturated carbocycles. The van der Waals surface area contributed by atoms with Gasteiger partial charge in [-0.25, -0.2) is 9.37 Å². The van der Waals surface area contributed by atoms with E-state index < -0.39 is 10.7 Å². The van der Waals surface area contributed by atoms with Crippen LogP contribution in [0.1, 0.15) is 30.7 Å². The molecule has 22 heavy (non-hydrogen) atoms. The Balaban J connectivity index is 2.07. The van der Waals surface area contributed by atoms with E-state index in [1.165, 1.54) is 11.3 Å². The van der Waals surface area contributed by atoms with Crippen molar-refractivity contribution in [1.82, 2.24) is 4.98 Å². The first kappa shape index (κ1) is 16.3. The summed E-state index contributed by atoms with van der Waals surface area (Å²) in [6.45, 7) is 4.41. The molecule has 1 aromatic carbocycles. The number of nitrogens with zero attached hydrogens (tertiary/aromatic N) is 2. The third-order valence-electron chi connectivity index (χ3n) is 2.83. The van der Waals surface area contributed by atoms with E-state index in [2.05, 4.69) is 4.98 Å². The average Bonchev–Trinajstić information content (AvgIpc) is 2.94. The molecule has 0 spiro atoms. The Morgan fingerprint density at radius 2 is 2.27 bits per heavy atom. The van der Waals surface area contributed by atoms with Crippen molar-refractivity contribution < 1.29 is 18.8 Å². The van der Waals surface area contributed by atoms with Crippen LogP contribution in [-0.2, 0) is 11.3 Å². The van der Waals surface area contributed by atoms with Gasteiger partial charge in [0.2, 0.25) is 0 Å². The Hall–Kier alpha value is -2.06. The fourth-order valence-corrected chi connectivity index (χ4v) is 2.61. The van der Waals surface area contributed by atoms with Crippen LogP contribution in [-0.4, -0.2) is 16.5 Å². The zero-order valence-corrected chi connectivity index (χ0v) is 12.9. The van der Waals surface area contributed by atoms with Crippen LogP contribution >= 0.6 is 11.3 Å². The first-order valence-corrected chi connectivity index (χ1v) is 7.52. The van der Waals surface area contributed by atoms with Gasteiger partial charge < -0.3 is 9.47 Å². The molecule has 2 aromatic rings. The second-order valence-corrected chi connectivity index (χ2v) is 5.32. The number of benzene rings is 1. The van der Waals surface area contributed by atoms with E-state index in [9.17, 15) is 14.5 Å². The molecule has 1 heterocycles. The van der Waals surface area contributed by atoms with Crippen molar-refractivity contribution >= 4 is 17.0 Å². The zero-order chi connectivity index (χ0) is 16.1. The fraction of sp³-hybridized carbons (Fsp3) is 0.357. The molecule has 1 atom stereocenters. The molecule has 0 saturated heterocycles. The number of hydrogen-bond donors (Lipinski definition) is 0. The molecule has 1 aromatic heterocycles. The van der Waals surface area contributed by atoms with Crippen LogP contribution in [0.15, 0.2) is 23.6 Å². The van der Waals surface area contributed by atoms with E-state index in [4.69, 9.17) is 9.47 Å². The normalized spacial score (nSPS) is 12.1. The first-order chi connectivity index (χ1) is 10.5. The van der Waals surface area contributed by atoms with Gasteiger partial charge in [0, 0.05) is 24.1 Å². The summed E-state index contributed by atoms with van der Waals surface area (Å²) in [4.78, 5) is 14.6. The minimum Gasteiger partial charge on any atom is -0.480 e. The summed E-state index contributed by atoms with van der Waals surface area (Å²) in [6, 6.07) is 3.10. The van der Waals surface area contributed by atoms with Gasteiger partial charge in [-0.15, -0.1) is 11.3 Å². The van der Waals surface area contributed by atoms with Crippen LogP contribution in [0, 0.1) is 15.9 Å². The number of hydrogen-bond acceptors (Lipinski definition) is 6. The van der Waals surface area contributed by atoms with E-state index in [1.807, 2.05) is 13.8 Å². The second-order valence-electron chi connectivity index (χ2n) is 4.43. The van der Waals surface area contributed by atoms with Gasteiger partial charge in [-0.1, -0.05) is 0 Å². The van der Waals surface area contributed by atoms with Crippen LogP contribution in [0.3, 0.4) is 0 Å². The topological polar surface area (TPSA) is 74.5 Å². The van der Waals surface area contributed by atoms with Crippen LogP contribution in [0.2, 0.25) is 0 Å². The highest BCUT2D eigenvalue weighted by molar-refractivity contribution is 7.09. The van der Waals surface area contributed by atoms with E-state index in [0.717, 1.165) is 23.2 Å². The van der Waals surface area contributed by atoms with Crippen molar-refractivity contribution in [3.8, 4) is 5.75 Å². The van der Waals surface area contributed by atoms with Crippen LogP contribution in [0.4, 0.5) is 10.1 Å². The summed E-state index contributed by atoms with van der Waals surface area (Å²) in [5.74, 6) is -0.707. The second kappa shape index (κ2) is 7.28.